The molecular weight excluding hydrogens is 528 g/mol. The number of amides is 3. The van der Waals surface area contributed by atoms with Gasteiger partial charge in [0.25, 0.3) is 10.0 Å². The lowest BCUT2D eigenvalue weighted by Gasteiger charge is -2.31. The van der Waals surface area contributed by atoms with Gasteiger partial charge in [0, 0.05) is 19.6 Å². The Morgan fingerprint density at radius 3 is 2.25 bits per heavy atom. The summed E-state index contributed by atoms with van der Waals surface area (Å²) in [5, 5.41) is 5.97. The number of anilines is 1. The minimum absolute atomic E-state index is 0.157. The van der Waals surface area contributed by atoms with Crippen molar-refractivity contribution in [2.45, 2.75) is 51.6 Å². The van der Waals surface area contributed by atoms with Gasteiger partial charge in [-0.1, -0.05) is 62.4 Å². The lowest BCUT2D eigenvalue weighted by molar-refractivity contribution is -0.123. The van der Waals surface area contributed by atoms with Crippen molar-refractivity contribution in [3.05, 3.63) is 77.2 Å². The van der Waals surface area contributed by atoms with E-state index >= 15 is 0 Å². The molecule has 4 rings (SSSR count). The number of benzene rings is 2. The van der Waals surface area contributed by atoms with Crippen molar-refractivity contribution < 1.29 is 22.7 Å². The molecule has 216 valence electrons. The summed E-state index contributed by atoms with van der Waals surface area (Å²) in [5.74, 6) is -0.175. The Morgan fingerprint density at radius 1 is 0.950 bits per heavy atom. The van der Waals surface area contributed by atoms with Crippen LogP contribution >= 0.6 is 0 Å². The van der Waals surface area contributed by atoms with E-state index in [2.05, 4.69) is 10.6 Å². The molecule has 0 spiro atoms. The van der Waals surface area contributed by atoms with Gasteiger partial charge < -0.3 is 20.3 Å². The Kier molecular flexibility index (Phi) is 10.2. The maximum Gasteiger partial charge on any atom is 0.318 e. The number of hydrogen-bond donors (Lipinski definition) is 2. The summed E-state index contributed by atoms with van der Waals surface area (Å²) in [5.41, 5.74) is 1.59. The monoisotopic (exact) mass is 568 g/mol. The fourth-order valence-electron chi connectivity index (χ4n) is 5.06. The second-order valence-corrected chi connectivity index (χ2v) is 12.6. The van der Waals surface area contributed by atoms with E-state index < -0.39 is 22.1 Å². The Hall–Kier alpha value is -3.37. The highest BCUT2D eigenvalue weighted by molar-refractivity contribution is 7.96. The summed E-state index contributed by atoms with van der Waals surface area (Å²) in [6.45, 7) is 6.28. The van der Waals surface area contributed by atoms with E-state index in [9.17, 15) is 18.0 Å². The number of hydrogen-bond acceptors (Lipinski definition) is 5. The number of nitrogens with one attached hydrogen (secondary N) is 2. The zero-order valence-electron chi connectivity index (χ0n) is 23.3. The smallest absolute Gasteiger partial charge is 0.318 e. The van der Waals surface area contributed by atoms with Crippen molar-refractivity contribution in [2.24, 2.45) is 5.92 Å². The number of nitrogens with zero attached hydrogens (tertiary/aromatic N) is 2. The Labute approximate surface area is 237 Å². The molecule has 2 aliphatic heterocycles. The minimum atomic E-state index is -3.76. The van der Waals surface area contributed by atoms with Gasteiger partial charge in [-0.15, -0.1) is 0 Å². The number of carbonyl (C=O) groups excluding carboxylic acids is 2. The van der Waals surface area contributed by atoms with Crippen molar-refractivity contribution in [1.29, 1.82) is 0 Å². The van der Waals surface area contributed by atoms with Gasteiger partial charge in [0.1, 0.15) is 6.04 Å². The van der Waals surface area contributed by atoms with Gasteiger partial charge in [-0.2, -0.15) is 0 Å². The highest BCUT2D eigenvalue weighted by Crippen LogP contribution is 2.30. The van der Waals surface area contributed by atoms with E-state index in [0.717, 1.165) is 5.56 Å². The molecule has 2 fully saturated rings. The standard InChI is InChI=1S/C30H40N4O5S/c1-23(2)20-28(32-30(36)33-16-18-39-19-17-33)29(35)31-25(21-24-10-5-3-6-11-24)22-27-14-9-15-34(40(27,37)38)26-12-7-4-8-13-26/h3-8,10-13,22-23,25,28H,9,14-21H2,1-2H3,(H,31,35)(H,32,36)/b27-22+/t25-,28-/m0/s1. The topological polar surface area (TPSA) is 108 Å². The zero-order valence-corrected chi connectivity index (χ0v) is 24.1. The molecule has 10 heteroatoms. The lowest BCUT2D eigenvalue weighted by atomic mass is 10.0. The van der Waals surface area contributed by atoms with E-state index in [1.165, 1.54) is 4.31 Å². The molecule has 0 saturated carbocycles. The molecule has 0 radical (unpaired) electrons. The van der Waals surface area contributed by atoms with Gasteiger partial charge in [-0.3, -0.25) is 9.10 Å². The Morgan fingerprint density at radius 2 is 1.60 bits per heavy atom. The largest absolute Gasteiger partial charge is 0.378 e. The van der Waals surface area contributed by atoms with Gasteiger partial charge in [0.05, 0.1) is 29.8 Å². The molecular formula is C30H40N4O5S. The van der Waals surface area contributed by atoms with Gasteiger partial charge in [0.15, 0.2) is 0 Å². The van der Waals surface area contributed by atoms with Crippen LogP contribution in [0.5, 0.6) is 0 Å². The first-order valence-corrected chi connectivity index (χ1v) is 15.4. The van der Waals surface area contributed by atoms with Crippen molar-refractivity contribution >= 4 is 27.6 Å². The summed E-state index contributed by atoms with van der Waals surface area (Å²) < 4.78 is 34.1. The maximum atomic E-state index is 13.7. The zero-order chi connectivity index (χ0) is 28.5. The molecule has 2 aromatic carbocycles. The molecule has 2 aromatic rings. The molecule has 2 heterocycles. The Balaban J connectivity index is 1.58. The molecule has 9 nitrogen and oxygen atoms in total. The van der Waals surface area contributed by atoms with Gasteiger partial charge >= 0.3 is 6.03 Å². The summed E-state index contributed by atoms with van der Waals surface area (Å²) in [7, 11) is -3.76. The highest BCUT2D eigenvalue weighted by Gasteiger charge is 2.33. The second kappa shape index (κ2) is 13.8. The van der Waals surface area contributed by atoms with Crippen molar-refractivity contribution in [3.8, 4) is 0 Å². The van der Waals surface area contributed by atoms with Crippen molar-refractivity contribution in [3.63, 3.8) is 0 Å². The van der Waals surface area contributed by atoms with Crippen LogP contribution in [-0.2, 0) is 26.0 Å². The summed E-state index contributed by atoms with van der Waals surface area (Å²) in [6, 6.07) is 17.1. The second-order valence-electron chi connectivity index (χ2n) is 10.7. The number of carbonyl (C=O) groups is 2. The predicted octanol–water partition coefficient (Wildman–Crippen LogP) is 3.68. The van der Waals surface area contributed by atoms with Gasteiger partial charge in [0.2, 0.25) is 5.91 Å². The van der Waals surface area contributed by atoms with Crippen LogP contribution in [0.2, 0.25) is 0 Å². The van der Waals surface area contributed by atoms with Crippen LogP contribution in [0.3, 0.4) is 0 Å². The lowest BCUT2D eigenvalue weighted by Crippen LogP contribution is -2.55. The van der Waals surface area contributed by atoms with Crippen LogP contribution in [0.25, 0.3) is 0 Å². The van der Waals surface area contributed by atoms with Crippen LogP contribution in [0.1, 0.15) is 38.7 Å². The van der Waals surface area contributed by atoms with E-state index in [0.29, 0.717) is 69.1 Å². The van der Waals surface area contributed by atoms with Crippen LogP contribution in [0.15, 0.2) is 71.6 Å². The van der Waals surface area contributed by atoms with Crippen LogP contribution in [0.4, 0.5) is 10.5 Å². The molecule has 2 aliphatic rings. The SMILES string of the molecule is CC(C)C[C@H](NC(=O)N1CCOCC1)C(=O)N[C@H](/C=C1\CCCN(c2ccccc2)S1(=O)=O)Cc1ccccc1. The number of urea groups is 1. The summed E-state index contributed by atoms with van der Waals surface area (Å²) >= 11 is 0. The third-order valence-electron chi connectivity index (χ3n) is 7.08. The Bertz CT molecular complexity index is 1260. The maximum absolute atomic E-state index is 13.7. The number of ether oxygens (including phenoxy) is 1. The van der Waals surface area contributed by atoms with E-state index in [-0.39, 0.29) is 17.9 Å². The van der Waals surface area contributed by atoms with Crippen LogP contribution in [0, 0.1) is 5.92 Å². The number of para-hydroxylation sites is 1. The minimum Gasteiger partial charge on any atom is -0.378 e. The molecule has 0 unspecified atom stereocenters. The predicted molar refractivity (Wildman–Crippen MR) is 156 cm³/mol. The number of rotatable bonds is 9. The normalized spacial score (nSPS) is 19.7. The first-order chi connectivity index (χ1) is 19.2. The van der Waals surface area contributed by atoms with E-state index in [1.54, 1.807) is 23.1 Å². The van der Waals surface area contributed by atoms with Crippen molar-refractivity contribution in [2.75, 3.05) is 37.2 Å². The number of morpholine rings is 1. The van der Waals surface area contributed by atoms with E-state index in [1.807, 2.05) is 62.4 Å². The molecule has 0 bridgehead atoms. The van der Waals surface area contributed by atoms with Gasteiger partial charge in [-0.05, 0) is 55.4 Å². The first-order valence-electron chi connectivity index (χ1n) is 14.0. The molecule has 3 amide bonds. The van der Waals surface area contributed by atoms with Crippen LogP contribution < -0.4 is 14.9 Å². The number of sulfonamides is 1. The quantitative estimate of drug-likeness (QED) is 0.480. The summed E-state index contributed by atoms with van der Waals surface area (Å²) in [4.78, 5) is 28.5. The third kappa shape index (κ3) is 7.85. The molecule has 2 N–H and O–H groups in total. The van der Waals surface area contributed by atoms with Crippen molar-refractivity contribution in [1.82, 2.24) is 15.5 Å². The van der Waals surface area contributed by atoms with Crippen LogP contribution in [-0.4, -0.2) is 70.2 Å². The van der Waals surface area contributed by atoms with E-state index in [4.69, 9.17) is 4.74 Å². The molecule has 2 saturated heterocycles. The van der Waals surface area contributed by atoms with Gasteiger partial charge in [-0.25, -0.2) is 13.2 Å². The molecule has 0 aliphatic carbocycles. The highest BCUT2D eigenvalue weighted by atomic mass is 32.2. The number of allylic oxidation sites excluding steroid dienone is 1. The fourth-order valence-corrected chi connectivity index (χ4v) is 6.85. The fraction of sp³-hybridized carbons (Fsp3) is 0.467. The molecule has 2 atom stereocenters. The summed E-state index contributed by atoms with van der Waals surface area (Å²) in [6.07, 6.45) is 3.64. The third-order valence-corrected chi connectivity index (χ3v) is 9.06. The first kappa shape index (κ1) is 29.6. The average Bonchev–Trinajstić information content (AvgIpc) is 2.95. The average molecular weight is 569 g/mol. The molecule has 0 aromatic heterocycles. The molecule has 40 heavy (non-hydrogen) atoms.